The van der Waals surface area contributed by atoms with Gasteiger partial charge in [0, 0.05) is 17.7 Å². The lowest BCUT2D eigenvalue weighted by molar-refractivity contribution is -0.150. The van der Waals surface area contributed by atoms with E-state index in [0.717, 1.165) is 0 Å². The summed E-state index contributed by atoms with van der Waals surface area (Å²) in [4.78, 5) is 39.4. The van der Waals surface area contributed by atoms with Crippen LogP contribution in [-0.4, -0.2) is 63.1 Å². The number of nitrogens with two attached hydrogens (primary N) is 1. The molecule has 2 heterocycles. The zero-order valence-electron chi connectivity index (χ0n) is 18.9. The molecule has 1 aromatic carbocycles. The minimum absolute atomic E-state index is 0.246. The average molecular weight is 455 g/mol. The van der Waals surface area contributed by atoms with E-state index in [9.17, 15) is 19.6 Å². The third-order valence-corrected chi connectivity index (χ3v) is 6.11. The van der Waals surface area contributed by atoms with E-state index in [2.05, 4.69) is 6.07 Å². The van der Waals surface area contributed by atoms with Gasteiger partial charge in [-0.15, -0.1) is 0 Å². The molecule has 0 bridgehead atoms. The SMILES string of the molecule is COC(=O)[C@@]1(C#N)[C@H](c2cc(OC)c(OC)c(OC)c2)[C@@H](C(N)=O)N2C=C(C(C)=O)C=C[C@@H]21. The molecule has 0 aliphatic carbocycles. The number of rotatable bonds is 7. The topological polar surface area (TPSA) is 141 Å². The molecule has 0 unspecified atom stereocenters. The fourth-order valence-corrected chi connectivity index (χ4v) is 4.67. The van der Waals surface area contributed by atoms with Crippen molar-refractivity contribution in [3.05, 3.63) is 41.6 Å². The van der Waals surface area contributed by atoms with E-state index in [1.54, 1.807) is 18.2 Å². The molecule has 2 N–H and O–H groups in total. The number of ether oxygens (including phenoxy) is 4. The first-order valence-electron chi connectivity index (χ1n) is 9.99. The Kier molecular flexibility index (Phi) is 6.35. The van der Waals surface area contributed by atoms with Crippen LogP contribution in [-0.2, 0) is 19.1 Å². The fraction of sp³-hybridized carbons (Fsp3) is 0.391. The molecule has 10 nitrogen and oxygen atoms in total. The van der Waals surface area contributed by atoms with E-state index >= 15 is 0 Å². The normalized spacial score (nSPS) is 25.4. The van der Waals surface area contributed by atoms with Crippen molar-refractivity contribution in [2.45, 2.75) is 24.9 Å². The second kappa shape index (κ2) is 8.86. The van der Waals surface area contributed by atoms with Crippen molar-refractivity contribution in [1.29, 1.82) is 5.26 Å². The van der Waals surface area contributed by atoms with Gasteiger partial charge in [-0.05, 0) is 24.6 Å². The molecule has 0 saturated carbocycles. The average Bonchev–Trinajstić information content (AvgIpc) is 3.13. The third-order valence-electron chi connectivity index (χ3n) is 6.11. The molecular weight excluding hydrogens is 430 g/mol. The molecular formula is C23H25N3O7. The predicted octanol–water partition coefficient (Wildman–Crippen LogP) is 1.06. The number of hydrogen-bond donors (Lipinski definition) is 1. The summed E-state index contributed by atoms with van der Waals surface area (Å²) >= 11 is 0. The molecule has 33 heavy (non-hydrogen) atoms. The lowest BCUT2D eigenvalue weighted by Crippen LogP contribution is -2.45. The number of amides is 1. The molecule has 3 rings (SSSR count). The molecule has 10 heteroatoms. The number of carbonyl (C=O) groups is 3. The molecule has 4 atom stereocenters. The maximum absolute atomic E-state index is 13.2. The van der Waals surface area contributed by atoms with Crippen LogP contribution in [0.1, 0.15) is 18.4 Å². The number of methoxy groups -OCH3 is 4. The van der Waals surface area contributed by atoms with Crippen molar-refractivity contribution in [3.8, 4) is 23.3 Å². The highest BCUT2D eigenvalue weighted by molar-refractivity contribution is 5.97. The van der Waals surface area contributed by atoms with Gasteiger partial charge in [-0.3, -0.25) is 14.4 Å². The molecule has 0 aromatic heterocycles. The van der Waals surface area contributed by atoms with Crippen LogP contribution in [0.5, 0.6) is 17.2 Å². The molecule has 1 aromatic rings. The Morgan fingerprint density at radius 3 is 2.12 bits per heavy atom. The van der Waals surface area contributed by atoms with Crippen LogP contribution in [0.15, 0.2) is 36.1 Å². The Morgan fingerprint density at radius 1 is 1.09 bits per heavy atom. The van der Waals surface area contributed by atoms with Crippen molar-refractivity contribution in [3.63, 3.8) is 0 Å². The first kappa shape index (κ1) is 23.7. The standard InChI is InChI=1S/C23H25N3O7/c1-12(27)13-6-7-17-23(11-24,22(29)33-5)18(19(21(25)28)26(17)10-13)14-8-15(30-2)20(32-4)16(9-14)31-3/h6-10,17-19H,1-5H3,(H2,25,28)/t17-,18-,19+,23-/m1/s1. The number of hydrogen-bond acceptors (Lipinski definition) is 9. The van der Waals surface area contributed by atoms with E-state index in [0.29, 0.717) is 16.9 Å². The van der Waals surface area contributed by atoms with Gasteiger partial charge in [-0.25, -0.2) is 0 Å². The number of allylic oxidation sites excluding steroid dienone is 2. The van der Waals surface area contributed by atoms with Crippen molar-refractivity contribution < 1.29 is 33.3 Å². The number of Topliss-reactive ketones (excluding diaryl/α,β-unsaturated/α-hetero) is 1. The summed E-state index contributed by atoms with van der Waals surface area (Å²) in [5.41, 5.74) is 4.62. The van der Waals surface area contributed by atoms with Crippen LogP contribution >= 0.6 is 0 Å². The van der Waals surface area contributed by atoms with E-state index in [1.165, 1.54) is 52.5 Å². The minimum Gasteiger partial charge on any atom is -0.493 e. The molecule has 1 saturated heterocycles. The van der Waals surface area contributed by atoms with Crippen LogP contribution in [0.2, 0.25) is 0 Å². The van der Waals surface area contributed by atoms with Crippen molar-refractivity contribution in [1.82, 2.24) is 4.90 Å². The maximum atomic E-state index is 13.2. The highest BCUT2D eigenvalue weighted by Gasteiger charge is 2.66. The van der Waals surface area contributed by atoms with Crippen LogP contribution in [0.25, 0.3) is 0 Å². The molecule has 174 valence electrons. The van der Waals surface area contributed by atoms with Crippen molar-refractivity contribution >= 4 is 17.7 Å². The number of nitriles is 1. The maximum Gasteiger partial charge on any atom is 0.329 e. The van der Waals surface area contributed by atoms with Crippen LogP contribution in [0, 0.1) is 16.7 Å². The molecule has 2 aliphatic heterocycles. The van der Waals surface area contributed by atoms with Gasteiger partial charge in [0.1, 0.15) is 6.04 Å². The highest BCUT2D eigenvalue weighted by Crippen LogP contribution is 2.55. The van der Waals surface area contributed by atoms with Crippen molar-refractivity contribution in [2.24, 2.45) is 11.1 Å². The molecule has 0 spiro atoms. The summed E-state index contributed by atoms with van der Waals surface area (Å²) in [5, 5.41) is 10.4. The lowest BCUT2D eigenvalue weighted by Gasteiger charge is -2.32. The van der Waals surface area contributed by atoms with E-state index in [1.807, 2.05) is 0 Å². The Morgan fingerprint density at radius 2 is 1.70 bits per heavy atom. The second-order valence-corrected chi connectivity index (χ2v) is 7.65. The summed E-state index contributed by atoms with van der Waals surface area (Å²) in [7, 11) is 5.45. The smallest absolute Gasteiger partial charge is 0.329 e. The first-order chi connectivity index (χ1) is 15.7. The highest BCUT2D eigenvalue weighted by atomic mass is 16.5. The van der Waals surface area contributed by atoms with Gasteiger partial charge < -0.3 is 29.6 Å². The minimum atomic E-state index is -1.87. The van der Waals surface area contributed by atoms with E-state index < -0.39 is 35.3 Å². The molecule has 1 fully saturated rings. The first-order valence-corrected chi connectivity index (χ1v) is 9.99. The number of benzene rings is 1. The van der Waals surface area contributed by atoms with Crippen molar-refractivity contribution in [2.75, 3.05) is 28.4 Å². The molecule has 1 amide bonds. The van der Waals surface area contributed by atoms with Gasteiger partial charge in [0.05, 0.1) is 40.6 Å². The van der Waals surface area contributed by atoms with Gasteiger partial charge in [0.2, 0.25) is 11.7 Å². The van der Waals surface area contributed by atoms with E-state index in [-0.39, 0.29) is 17.3 Å². The van der Waals surface area contributed by atoms with Gasteiger partial charge in [0.15, 0.2) is 22.7 Å². The number of esters is 1. The monoisotopic (exact) mass is 455 g/mol. The van der Waals surface area contributed by atoms with Gasteiger partial charge >= 0.3 is 5.97 Å². The number of ketones is 1. The Balaban J connectivity index is 2.37. The largest absolute Gasteiger partial charge is 0.493 e. The summed E-state index contributed by atoms with van der Waals surface area (Å²) in [6.07, 6.45) is 4.52. The summed E-state index contributed by atoms with van der Waals surface area (Å²) in [5.74, 6) is -2.11. The van der Waals surface area contributed by atoms with Gasteiger partial charge in [-0.2, -0.15) is 5.26 Å². The molecule has 0 radical (unpaired) electrons. The van der Waals surface area contributed by atoms with Crippen LogP contribution in [0.3, 0.4) is 0 Å². The Labute approximate surface area is 191 Å². The Hall–Kier alpha value is -4.00. The fourth-order valence-electron chi connectivity index (χ4n) is 4.67. The Bertz CT molecular complexity index is 1080. The summed E-state index contributed by atoms with van der Waals surface area (Å²) < 4.78 is 21.3. The second-order valence-electron chi connectivity index (χ2n) is 7.65. The summed E-state index contributed by atoms with van der Waals surface area (Å²) in [6, 6.07) is 3.16. The quantitative estimate of drug-likeness (QED) is 0.597. The van der Waals surface area contributed by atoms with Gasteiger partial charge in [0.25, 0.3) is 0 Å². The lowest BCUT2D eigenvalue weighted by atomic mass is 9.68. The summed E-state index contributed by atoms with van der Waals surface area (Å²) in [6.45, 7) is 1.38. The van der Waals surface area contributed by atoms with Crippen LogP contribution in [0.4, 0.5) is 0 Å². The van der Waals surface area contributed by atoms with Gasteiger partial charge in [-0.1, -0.05) is 12.2 Å². The predicted molar refractivity (Wildman–Crippen MR) is 115 cm³/mol. The zero-order chi connectivity index (χ0) is 24.5. The van der Waals surface area contributed by atoms with Crippen LogP contribution < -0.4 is 19.9 Å². The number of carbonyl (C=O) groups excluding carboxylic acids is 3. The molecule has 2 aliphatic rings. The number of primary amides is 1. The van der Waals surface area contributed by atoms with E-state index in [4.69, 9.17) is 24.7 Å². The number of fused-ring (bicyclic) bond motifs is 1. The number of nitrogens with zero attached hydrogens (tertiary/aromatic N) is 2. The third kappa shape index (κ3) is 3.46. The zero-order valence-corrected chi connectivity index (χ0v) is 18.9.